The molecule has 5 heteroatoms. The van der Waals surface area contributed by atoms with Gasteiger partial charge in [0.2, 0.25) is 5.89 Å². The molecule has 1 fully saturated rings. The van der Waals surface area contributed by atoms with Crippen molar-refractivity contribution in [2.45, 2.75) is 45.1 Å². The van der Waals surface area contributed by atoms with Crippen LogP contribution in [0.15, 0.2) is 4.52 Å². The van der Waals surface area contributed by atoms with Crippen molar-refractivity contribution in [1.82, 2.24) is 15.0 Å². The summed E-state index contributed by atoms with van der Waals surface area (Å²) in [5, 5.41) is 4.00. The van der Waals surface area contributed by atoms with Crippen LogP contribution in [0.2, 0.25) is 0 Å². The maximum atomic E-state index is 5.36. The van der Waals surface area contributed by atoms with Crippen LogP contribution in [0.5, 0.6) is 0 Å². The van der Waals surface area contributed by atoms with Crippen molar-refractivity contribution in [2.75, 3.05) is 26.8 Å². The van der Waals surface area contributed by atoms with Crippen molar-refractivity contribution in [3.8, 4) is 0 Å². The molecule has 0 saturated carbocycles. The predicted octanol–water partition coefficient (Wildman–Crippen LogP) is 1.85. The first-order valence-corrected chi connectivity index (χ1v) is 6.76. The molecule has 2 rings (SSSR count). The lowest BCUT2D eigenvalue weighted by atomic mass is 9.96. The Morgan fingerprint density at radius 3 is 2.72 bits per heavy atom. The molecule has 1 aliphatic heterocycles. The Morgan fingerprint density at radius 2 is 2.11 bits per heavy atom. The molecule has 102 valence electrons. The Balaban J connectivity index is 1.87. The Kier molecular flexibility index (Phi) is 4.72. The second-order valence-corrected chi connectivity index (χ2v) is 5.20. The zero-order chi connectivity index (χ0) is 13.0. The first-order chi connectivity index (χ1) is 8.70. The third kappa shape index (κ3) is 3.29. The van der Waals surface area contributed by atoms with Gasteiger partial charge < -0.3 is 14.2 Å². The summed E-state index contributed by atoms with van der Waals surface area (Å²) >= 11 is 0. The maximum absolute atomic E-state index is 5.36. The Labute approximate surface area is 108 Å². The summed E-state index contributed by atoms with van der Waals surface area (Å²) in [6, 6.07) is 0.630. The van der Waals surface area contributed by atoms with Crippen LogP contribution < -0.4 is 0 Å². The fraction of sp³-hybridized carbons (Fsp3) is 0.846. The average molecular weight is 253 g/mol. The number of hydrogen-bond donors (Lipinski definition) is 0. The predicted molar refractivity (Wildman–Crippen MR) is 68.6 cm³/mol. The third-order valence-electron chi connectivity index (χ3n) is 3.62. The van der Waals surface area contributed by atoms with E-state index in [0.29, 0.717) is 18.6 Å². The third-order valence-corrected chi connectivity index (χ3v) is 3.62. The summed E-state index contributed by atoms with van der Waals surface area (Å²) in [6.45, 7) is 7.38. The summed E-state index contributed by atoms with van der Waals surface area (Å²) in [7, 11) is 1.68. The maximum Gasteiger partial charge on any atom is 0.229 e. The molecule has 0 unspecified atom stereocenters. The van der Waals surface area contributed by atoms with Crippen molar-refractivity contribution in [1.29, 1.82) is 0 Å². The molecule has 0 aromatic carbocycles. The number of hydrogen-bond acceptors (Lipinski definition) is 5. The van der Waals surface area contributed by atoms with Gasteiger partial charge in [0.1, 0.15) is 0 Å². The lowest BCUT2D eigenvalue weighted by molar-refractivity contribution is 0.159. The van der Waals surface area contributed by atoms with Gasteiger partial charge in [0.25, 0.3) is 0 Å². The minimum Gasteiger partial charge on any atom is -0.384 e. The Hall–Kier alpha value is -0.940. The van der Waals surface area contributed by atoms with Crippen molar-refractivity contribution < 1.29 is 9.26 Å². The van der Waals surface area contributed by atoms with E-state index >= 15 is 0 Å². The minimum atomic E-state index is 0.434. The molecular formula is C13H23N3O2. The minimum absolute atomic E-state index is 0.434. The molecule has 2 heterocycles. The fourth-order valence-electron chi connectivity index (χ4n) is 2.39. The molecule has 0 bridgehead atoms. The van der Waals surface area contributed by atoms with E-state index in [9.17, 15) is 0 Å². The van der Waals surface area contributed by atoms with Gasteiger partial charge in [0, 0.05) is 25.5 Å². The molecule has 0 spiro atoms. The van der Waals surface area contributed by atoms with Crippen molar-refractivity contribution >= 4 is 0 Å². The number of piperidine rings is 1. The summed E-state index contributed by atoms with van der Waals surface area (Å²) in [5.41, 5.74) is 0. The molecule has 18 heavy (non-hydrogen) atoms. The van der Waals surface area contributed by atoms with Crippen molar-refractivity contribution in [3.63, 3.8) is 0 Å². The number of rotatable bonds is 5. The second kappa shape index (κ2) is 6.29. The quantitative estimate of drug-likeness (QED) is 0.801. The number of ether oxygens (including phenoxy) is 1. The van der Waals surface area contributed by atoms with Crippen LogP contribution in [0.3, 0.4) is 0 Å². The van der Waals surface area contributed by atoms with Gasteiger partial charge in [-0.15, -0.1) is 0 Å². The van der Waals surface area contributed by atoms with Crippen LogP contribution in [0.4, 0.5) is 0 Å². The highest BCUT2D eigenvalue weighted by Gasteiger charge is 2.25. The van der Waals surface area contributed by atoms with Crippen LogP contribution >= 0.6 is 0 Å². The average Bonchev–Trinajstić information content (AvgIpc) is 2.85. The molecule has 0 amide bonds. The number of methoxy groups -OCH3 is 1. The lowest BCUT2D eigenvalue weighted by Crippen LogP contribution is -2.37. The zero-order valence-electron chi connectivity index (χ0n) is 11.6. The second-order valence-electron chi connectivity index (χ2n) is 5.20. The molecule has 1 aromatic rings. The molecular weight excluding hydrogens is 230 g/mol. The molecule has 1 aliphatic rings. The van der Waals surface area contributed by atoms with Crippen LogP contribution in [0.1, 0.15) is 44.3 Å². The molecule has 0 radical (unpaired) electrons. The highest BCUT2D eigenvalue weighted by Crippen LogP contribution is 2.27. The van der Waals surface area contributed by atoms with Gasteiger partial charge in [0.15, 0.2) is 5.82 Å². The van der Waals surface area contributed by atoms with Gasteiger partial charge in [-0.25, -0.2) is 0 Å². The van der Waals surface area contributed by atoms with Crippen molar-refractivity contribution in [3.05, 3.63) is 11.7 Å². The van der Waals surface area contributed by atoms with Crippen LogP contribution in [-0.2, 0) is 11.2 Å². The van der Waals surface area contributed by atoms with Crippen molar-refractivity contribution in [2.24, 2.45) is 0 Å². The van der Waals surface area contributed by atoms with Gasteiger partial charge in [-0.3, -0.25) is 0 Å². The van der Waals surface area contributed by atoms with E-state index in [1.807, 2.05) is 0 Å². The molecule has 1 aromatic heterocycles. The van der Waals surface area contributed by atoms with Gasteiger partial charge in [-0.05, 0) is 39.8 Å². The van der Waals surface area contributed by atoms with E-state index in [-0.39, 0.29) is 0 Å². The number of likely N-dealkylation sites (tertiary alicyclic amines) is 1. The highest BCUT2D eigenvalue weighted by molar-refractivity contribution is 4.97. The van der Waals surface area contributed by atoms with E-state index in [2.05, 4.69) is 28.9 Å². The van der Waals surface area contributed by atoms with E-state index in [1.54, 1.807) is 7.11 Å². The van der Waals surface area contributed by atoms with Crippen LogP contribution in [0, 0.1) is 0 Å². The van der Waals surface area contributed by atoms with Crippen LogP contribution in [0.25, 0.3) is 0 Å². The van der Waals surface area contributed by atoms with Gasteiger partial charge in [0.05, 0.1) is 6.61 Å². The summed E-state index contributed by atoms with van der Waals surface area (Å²) < 4.78 is 10.4. The number of aromatic nitrogens is 2. The molecule has 1 saturated heterocycles. The summed E-state index contributed by atoms with van der Waals surface area (Å²) in [5.74, 6) is 2.01. The Morgan fingerprint density at radius 1 is 1.39 bits per heavy atom. The van der Waals surface area contributed by atoms with E-state index in [0.717, 1.165) is 44.1 Å². The summed E-state index contributed by atoms with van der Waals surface area (Å²) in [4.78, 5) is 6.96. The molecule has 0 aliphatic carbocycles. The van der Waals surface area contributed by atoms with Crippen LogP contribution in [-0.4, -0.2) is 47.9 Å². The molecule has 5 nitrogen and oxygen atoms in total. The van der Waals surface area contributed by atoms with Gasteiger partial charge in [-0.1, -0.05) is 5.16 Å². The highest BCUT2D eigenvalue weighted by atomic mass is 16.5. The number of nitrogens with zero attached hydrogens (tertiary/aromatic N) is 3. The SMILES string of the molecule is COCCc1noc(C2CCN(C(C)C)CC2)n1. The topological polar surface area (TPSA) is 51.4 Å². The van der Waals surface area contributed by atoms with Gasteiger partial charge in [-0.2, -0.15) is 4.98 Å². The normalized spacial score (nSPS) is 18.7. The Bertz CT molecular complexity index is 357. The monoisotopic (exact) mass is 253 g/mol. The fourth-order valence-corrected chi connectivity index (χ4v) is 2.39. The van der Waals surface area contributed by atoms with E-state index < -0.39 is 0 Å². The lowest BCUT2D eigenvalue weighted by Gasteiger charge is -2.33. The van der Waals surface area contributed by atoms with Gasteiger partial charge >= 0.3 is 0 Å². The zero-order valence-corrected chi connectivity index (χ0v) is 11.6. The first kappa shape index (κ1) is 13.5. The first-order valence-electron chi connectivity index (χ1n) is 6.76. The smallest absolute Gasteiger partial charge is 0.229 e. The molecule has 0 atom stereocenters. The summed E-state index contributed by atoms with van der Waals surface area (Å²) in [6.07, 6.45) is 2.96. The largest absolute Gasteiger partial charge is 0.384 e. The van der Waals surface area contributed by atoms with E-state index in [4.69, 9.17) is 9.26 Å². The standard InChI is InChI=1S/C13H23N3O2/c1-10(2)16-7-4-11(5-8-16)13-14-12(15-18-13)6-9-17-3/h10-11H,4-9H2,1-3H3. The molecule has 0 N–H and O–H groups in total. The van der Waals surface area contributed by atoms with E-state index in [1.165, 1.54) is 0 Å².